The number of rotatable bonds is 6. The molecule has 0 aromatic rings. The molecule has 1 atom stereocenters. The summed E-state index contributed by atoms with van der Waals surface area (Å²) in [5.41, 5.74) is 0. The molecule has 0 aliphatic carbocycles. The maximum atomic E-state index is 5.57. The molecule has 0 aromatic heterocycles. The van der Waals surface area contributed by atoms with Crippen LogP contribution in [0.25, 0.3) is 0 Å². The van der Waals surface area contributed by atoms with Gasteiger partial charge >= 0.3 is 0 Å². The molecule has 0 radical (unpaired) electrons. The van der Waals surface area contributed by atoms with E-state index >= 15 is 0 Å². The third-order valence-electron chi connectivity index (χ3n) is 3.99. The van der Waals surface area contributed by atoms with Crippen LogP contribution in [0.5, 0.6) is 0 Å². The molecular formula is C14H28N2O. The van der Waals surface area contributed by atoms with Crippen molar-refractivity contribution >= 4 is 0 Å². The van der Waals surface area contributed by atoms with Crippen molar-refractivity contribution in [3.63, 3.8) is 0 Å². The predicted molar refractivity (Wildman–Crippen MR) is 71.4 cm³/mol. The van der Waals surface area contributed by atoms with Crippen molar-refractivity contribution in [2.24, 2.45) is 0 Å². The standard InChI is InChI=1S/C14H28N2O/c1-13(2)17-11-4-3-7-15-9-10-16-8-5-6-14(16)12-15/h13-14H,3-12H2,1-2H3. The van der Waals surface area contributed by atoms with E-state index in [1.165, 1.54) is 58.4 Å². The topological polar surface area (TPSA) is 15.7 Å². The molecule has 2 aliphatic rings. The minimum absolute atomic E-state index is 0.386. The Morgan fingerprint density at radius 3 is 2.88 bits per heavy atom. The molecule has 2 saturated heterocycles. The summed E-state index contributed by atoms with van der Waals surface area (Å²) in [5.74, 6) is 0. The van der Waals surface area contributed by atoms with Crippen LogP contribution >= 0.6 is 0 Å². The first kappa shape index (κ1) is 13.3. The van der Waals surface area contributed by atoms with Crippen LogP contribution in [-0.4, -0.2) is 61.3 Å². The molecule has 0 aromatic carbocycles. The first-order valence-corrected chi connectivity index (χ1v) is 7.33. The first-order valence-electron chi connectivity index (χ1n) is 7.33. The highest BCUT2D eigenvalue weighted by Gasteiger charge is 2.29. The molecule has 0 saturated carbocycles. The average Bonchev–Trinajstić information content (AvgIpc) is 2.75. The lowest BCUT2D eigenvalue weighted by atomic mass is 10.1. The number of ether oxygens (including phenoxy) is 1. The first-order chi connectivity index (χ1) is 8.25. The summed E-state index contributed by atoms with van der Waals surface area (Å²) < 4.78 is 5.57. The van der Waals surface area contributed by atoms with Gasteiger partial charge in [-0.25, -0.2) is 0 Å². The zero-order valence-corrected chi connectivity index (χ0v) is 11.5. The second-order valence-corrected chi connectivity index (χ2v) is 5.76. The van der Waals surface area contributed by atoms with Crippen molar-refractivity contribution < 1.29 is 4.74 Å². The molecule has 2 aliphatic heterocycles. The SMILES string of the molecule is CC(C)OCCCCN1CCN2CCCC2C1. The molecule has 3 heteroatoms. The van der Waals surface area contributed by atoms with E-state index in [1.807, 2.05) is 0 Å². The van der Waals surface area contributed by atoms with Gasteiger partial charge < -0.3 is 9.64 Å². The summed E-state index contributed by atoms with van der Waals surface area (Å²) >= 11 is 0. The summed E-state index contributed by atoms with van der Waals surface area (Å²) in [7, 11) is 0. The lowest BCUT2D eigenvalue weighted by Gasteiger charge is -2.37. The summed E-state index contributed by atoms with van der Waals surface area (Å²) in [5, 5.41) is 0. The molecule has 2 rings (SSSR count). The van der Waals surface area contributed by atoms with E-state index in [2.05, 4.69) is 23.6 Å². The van der Waals surface area contributed by atoms with Crippen molar-refractivity contribution in [1.82, 2.24) is 9.80 Å². The van der Waals surface area contributed by atoms with E-state index in [0.717, 1.165) is 12.6 Å². The molecular weight excluding hydrogens is 212 g/mol. The fourth-order valence-electron chi connectivity index (χ4n) is 3.02. The van der Waals surface area contributed by atoms with Crippen molar-refractivity contribution in [2.75, 3.05) is 39.3 Å². The highest BCUT2D eigenvalue weighted by molar-refractivity contribution is 4.86. The minimum atomic E-state index is 0.386. The zero-order chi connectivity index (χ0) is 12.1. The van der Waals surface area contributed by atoms with E-state index in [0.29, 0.717) is 6.10 Å². The van der Waals surface area contributed by atoms with Crippen LogP contribution < -0.4 is 0 Å². The van der Waals surface area contributed by atoms with Crippen LogP contribution in [0.2, 0.25) is 0 Å². The fourth-order valence-corrected chi connectivity index (χ4v) is 3.02. The fraction of sp³-hybridized carbons (Fsp3) is 1.00. The maximum absolute atomic E-state index is 5.57. The molecule has 100 valence electrons. The molecule has 2 fully saturated rings. The molecule has 0 bridgehead atoms. The highest BCUT2D eigenvalue weighted by atomic mass is 16.5. The van der Waals surface area contributed by atoms with Gasteiger partial charge in [0.1, 0.15) is 0 Å². The Balaban J connectivity index is 1.54. The third-order valence-corrected chi connectivity index (χ3v) is 3.99. The second-order valence-electron chi connectivity index (χ2n) is 5.76. The zero-order valence-electron chi connectivity index (χ0n) is 11.5. The van der Waals surface area contributed by atoms with Crippen LogP contribution in [0, 0.1) is 0 Å². The highest BCUT2D eigenvalue weighted by Crippen LogP contribution is 2.21. The number of unbranched alkanes of at least 4 members (excludes halogenated alkanes) is 1. The molecule has 0 N–H and O–H groups in total. The molecule has 1 unspecified atom stereocenters. The molecule has 3 nitrogen and oxygen atoms in total. The Morgan fingerprint density at radius 2 is 2.06 bits per heavy atom. The van der Waals surface area contributed by atoms with E-state index in [-0.39, 0.29) is 0 Å². The van der Waals surface area contributed by atoms with E-state index in [4.69, 9.17) is 4.74 Å². The number of hydrogen-bond acceptors (Lipinski definition) is 3. The van der Waals surface area contributed by atoms with E-state index in [9.17, 15) is 0 Å². The summed E-state index contributed by atoms with van der Waals surface area (Å²) in [6, 6.07) is 0.871. The van der Waals surface area contributed by atoms with Gasteiger partial charge in [0.15, 0.2) is 0 Å². The minimum Gasteiger partial charge on any atom is -0.379 e. The van der Waals surface area contributed by atoms with Gasteiger partial charge in [-0.1, -0.05) is 0 Å². The van der Waals surface area contributed by atoms with Crippen LogP contribution in [0.15, 0.2) is 0 Å². The van der Waals surface area contributed by atoms with Crippen LogP contribution in [-0.2, 0) is 4.74 Å². The quantitative estimate of drug-likeness (QED) is 0.660. The normalized spacial score (nSPS) is 26.6. The van der Waals surface area contributed by atoms with Gasteiger partial charge in [0.25, 0.3) is 0 Å². The van der Waals surface area contributed by atoms with Gasteiger partial charge in [-0.15, -0.1) is 0 Å². The Morgan fingerprint density at radius 1 is 1.18 bits per heavy atom. The Kier molecular flexibility index (Phi) is 5.26. The van der Waals surface area contributed by atoms with Crippen molar-refractivity contribution in [2.45, 2.75) is 51.7 Å². The van der Waals surface area contributed by atoms with Gasteiger partial charge in [-0.05, 0) is 52.6 Å². The van der Waals surface area contributed by atoms with Gasteiger partial charge in [0.05, 0.1) is 6.10 Å². The number of piperazine rings is 1. The molecule has 2 heterocycles. The lowest BCUT2D eigenvalue weighted by molar-refractivity contribution is 0.0690. The second kappa shape index (κ2) is 6.72. The average molecular weight is 240 g/mol. The molecule has 0 spiro atoms. The Bertz CT molecular complexity index is 220. The molecule has 0 amide bonds. The van der Waals surface area contributed by atoms with Crippen LogP contribution in [0.1, 0.15) is 39.5 Å². The number of fused-ring (bicyclic) bond motifs is 1. The van der Waals surface area contributed by atoms with E-state index < -0.39 is 0 Å². The van der Waals surface area contributed by atoms with Crippen molar-refractivity contribution in [3.05, 3.63) is 0 Å². The maximum Gasteiger partial charge on any atom is 0.0518 e. The predicted octanol–water partition coefficient (Wildman–Crippen LogP) is 1.97. The summed E-state index contributed by atoms with van der Waals surface area (Å²) in [4.78, 5) is 5.33. The van der Waals surface area contributed by atoms with E-state index in [1.54, 1.807) is 0 Å². The van der Waals surface area contributed by atoms with Gasteiger partial charge in [-0.3, -0.25) is 4.90 Å². The van der Waals surface area contributed by atoms with Crippen LogP contribution in [0.4, 0.5) is 0 Å². The lowest BCUT2D eigenvalue weighted by Crippen LogP contribution is -2.50. The Hall–Kier alpha value is -0.120. The van der Waals surface area contributed by atoms with Gasteiger partial charge in [0.2, 0.25) is 0 Å². The third kappa shape index (κ3) is 4.23. The smallest absolute Gasteiger partial charge is 0.0518 e. The monoisotopic (exact) mass is 240 g/mol. The van der Waals surface area contributed by atoms with Crippen molar-refractivity contribution in [3.8, 4) is 0 Å². The number of nitrogens with zero attached hydrogens (tertiary/aromatic N) is 2. The largest absolute Gasteiger partial charge is 0.379 e. The van der Waals surface area contributed by atoms with Gasteiger partial charge in [0, 0.05) is 32.3 Å². The van der Waals surface area contributed by atoms with Crippen LogP contribution in [0.3, 0.4) is 0 Å². The van der Waals surface area contributed by atoms with Gasteiger partial charge in [-0.2, -0.15) is 0 Å². The Labute approximate surface area is 106 Å². The summed E-state index contributed by atoms with van der Waals surface area (Å²) in [6.07, 6.45) is 5.73. The summed E-state index contributed by atoms with van der Waals surface area (Å²) in [6.45, 7) is 11.7. The number of hydrogen-bond donors (Lipinski definition) is 0. The van der Waals surface area contributed by atoms with Crippen molar-refractivity contribution in [1.29, 1.82) is 0 Å². The molecule has 17 heavy (non-hydrogen) atoms.